The van der Waals surface area contributed by atoms with Gasteiger partial charge < -0.3 is 9.64 Å². The summed E-state index contributed by atoms with van der Waals surface area (Å²) in [5.41, 5.74) is 1.93. The third kappa shape index (κ3) is 1.56. The summed E-state index contributed by atoms with van der Waals surface area (Å²) in [5.74, 6) is 0.967. The van der Waals surface area contributed by atoms with Crippen molar-refractivity contribution < 1.29 is 9.53 Å². The molecular weight excluding hydrogens is 202 g/mol. The van der Waals surface area contributed by atoms with Crippen LogP contribution in [0.5, 0.6) is 5.75 Å². The number of carbonyl (C=O) groups excluding carboxylic acids is 1. The number of ketones is 1. The Morgan fingerprint density at radius 3 is 2.81 bits per heavy atom. The minimum Gasteiger partial charge on any atom is -0.492 e. The van der Waals surface area contributed by atoms with Crippen LogP contribution in [0.4, 0.5) is 5.69 Å². The maximum Gasteiger partial charge on any atom is 0.169 e. The molecule has 3 heteroatoms. The van der Waals surface area contributed by atoms with Crippen LogP contribution in [0, 0.1) is 0 Å². The first kappa shape index (κ1) is 9.70. The molecule has 0 unspecified atom stereocenters. The van der Waals surface area contributed by atoms with Crippen molar-refractivity contribution in [1.82, 2.24) is 0 Å². The van der Waals surface area contributed by atoms with E-state index >= 15 is 0 Å². The fourth-order valence-electron chi connectivity index (χ4n) is 2.42. The van der Waals surface area contributed by atoms with Gasteiger partial charge in [-0.05, 0) is 25.0 Å². The first-order chi connectivity index (χ1) is 7.84. The summed E-state index contributed by atoms with van der Waals surface area (Å²) in [4.78, 5) is 14.0. The highest BCUT2D eigenvalue weighted by atomic mass is 16.5. The summed E-state index contributed by atoms with van der Waals surface area (Å²) in [7, 11) is 0. The van der Waals surface area contributed by atoms with Crippen LogP contribution in [0.2, 0.25) is 0 Å². The second-order valence-electron chi connectivity index (χ2n) is 4.40. The Hall–Kier alpha value is -1.51. The number of hydrogen-bond acceptors (Lipinski definition) is 3. The predicted molar refractivity (Wildman–Crippen MR) is 62.3 cm³/mol. The van der Waals surface area contributed by atoms with Gasteiger partial charge in [-0.1, -0.05) is 0 Å². The third-order valence-corrected chi connectivity index (χ3v) is 3.32. The van der Waals surface area contributed by atoms with Crippen LogP contribution >= 0.6 is 0 Å². The number of ether oxygens (including phenoxy) is 1. The normalized spacial score (nSPS) is 19.5. The van der Waals surface area contributed by atoms with Crippen molar-refractivity contribution in [3.8, 4) is 5.75 Å². The van der Waals surface area contributed by atoms with E-state index in [1.54, 1.807) is 0 Å². The molecule has 2 heterocycles. The maximum absolute atomic E-state index is 11.6. The van der Waals surface area contributed by atoms with Gasteiger partial charge in [0.05, 0.1) is 12.2 Å². The van der Waals surface area contributed by atoms with Gasteiger partial charge in [-0.15, -0.1) is 0 Å². The molecule has 3 nitrogen and oxygen atoms in total. The van der Waals surface area contributed by atoms with Crippen molar-refractivity contribution in [1.29, 1.82) is 0 Å². The molecule has 2 aliphatic heterocycles. The van der Waals surface area contributed by atoms with Gasteiger partial charge in [0.2, 0.25) is 0 Å². The van der Waals surface area contributed by atoms with Crippen LogP contribution < -0.4 is 9.64 Å². The number of nitrogens with zero attached hydrogens (tertiary/aromatic N) is 1. The Morgan fingerprint density at radius 2 is 2.00 bits per heavy atom. The van der Waals surface area contributed by atoms with E-state index in [0.29, 0.717) is 13.0 Å². The number of Topliss-reactive ketones (excluding diaryl/α,β-unsaturated/α-hetero) is 1. The molecule has 16 heavy (non-hydrogen) atoms. The Bertz CT molecular complexity index is 422. The largest absolute Gasteiger partial charge is 0.492 e. The van der Waals surface area contributed by atoms with Crippen molar-refractivity contribution in [3.05, 3.63) is 23.8 Å². The highest BCUT2D eigenvalue weighted by Gasteiger charge is 2.20. The summed E-state index contributed by atoms with van der Waals surface area (Å²) in [6.45, 7) is 2.76. The summed E-state index contributed by atoms with van der Waals surface area (Å²) < 4.78 is 5.55. The Kier molecular flexibility index (Phi) is 2.31. The standard InChI is InChI=1S/C13H15NO2/c15-12-5-8-16-13-9-10(3-4-11(12)13)14-6-1-2-7-14/h3-4,9H,1-2,5-8H2. The van der Waals surface area contributed by atoms with Crippen LogP contribution in [0.3, 0.4) is 0 Å². The molecule has 0 N–H and O–H groups in total. The molecule has 0 aromatic heterocycles. The van der Waals surface area contributed by atoms with Crippen molar-refractivity contribution in [3.63, 3.8) is 0 Å². The Morgan fingerprint density at radius 1 is 1.19 bits per heavy atom. The van der Waals surface area contributed by atoms with Gasteiger partial charge >= 0.3 is 0 Å². The minimum atomic E-state index is 0.203. The summed E-state index contributed by atoms with van der Waals surface area (Å²) in [5, 5.41) is 0. The predicted octanol–water partition coefficient (Wildman–Crippen LogP) is 2.25. The second-order valence-corrected chi connectivity index (χ2v) is 4.40. The van der Waals surface area contributed by atoms with Crippen LogP contribution in [-0.4, -0.2) is 25.5 Å². The highest BCUT2D eigenvalue weighted by Crippen LogP contribution is 2.30. The number of fused-ring (bicyclic) bond motifs is 1. The Labute approximate surface area is 95.0 Å². The topological polar surface area (TPSA) is 29.5 Å². The molecule has 1 fully saturated rings. The van der Waals surface area contributed by atoms with Crippen LogP contribution in [-0.2, 0) is 0 Å². The van der Waals surface area contributed by atoms with E-state index in [1.165, 1.54) is 18.5 Å². The summed E-state index contributed by atoms with van der Waals surface area (Å²) in [6.07, 6.45) is 3.03. The number of hydrogen-bond donors (Lipinski definition) is 0. The van der Waals surface area contributed by atoms with Gasteiger partial charge in [0.25, 0.3) is 0 Å². The van der Waals surface area contributed by atoms with Gasteiger partial charge in [-0.3, -0.25) is 4.79 Å². The monoisotopic (exact) mass is 217 g/mol. The molecule has 1 aromatic carbocycles. The molecule has 0 spiro atoms. The van der Waals surface area contributed by atoms with Gasteiger partial charge in [-0.2, -0.15) is 0 Å². The molecule has 0 amide bonds. The molecule has 3 rings (SSSR count). The van der Waals surface area contributed by atoms with E-state index in [9.17, 15) is 4.79 Å². The fourth-order valence-corrected chi connectivity index (χ4v) is 2.42. The number of rotatable bonds is 1. The zero-order valence-corrected chi connectivity index (χ0v) is 9.24. The molecule has 1 saturated heterocycles. The van der Waals surface area contributed by atoms with E-state index in [4.69, 9.17) is 4.74 Å². The van der Waals surface area contributed by atoms with E-state index in [0.717, 1.165) is 24.4 Å². The zero-order chi connectivity index (χ0) is 11.0. The first-order valence-corrected chi connectivity index (χ1v) is 5.89. The second kappa shape index (κ2) is 3.81. The fraction of sp³-hybridized carbons (Fsp3) is 0.462. The van der Waals surface area contributed by atoms with Gasteiger partial charge in [0, 0.05) is 31.3 Å². The molecule has 0 atom stereocenters. The lowest BCUT2D eigenvalue weighted by Gasteiger charge is -2.21. The van der Waals surface area contributed by atoms with Gasteiger partial charge in [-0.25, -0.2) is 0 Å². The van der Waals surface area contributed by atoms with Crippen LogP contribution in [0.25, 0.3) is 0 Å². The summed E-state index contributed by atoms with van der Waals surface area (Å²) in [6, 6.07) is 5.96. The van der Waals surface area contributed by atoms with Crippen molar-refractivity contribution >= 4 is 11.5 Å². The van der Waals surface area contributed by atoms with E-state index < -0.39 is 0 Å². The van der Waals surface area contributed by atoms with Gasteiger partial charge in [0.15, 0.2) is 5.78 Å². The minimum absolute atomic E-state index is 0.203. The lowest BCUT2D eigenvalue weighted by molar-refractivity contribution is 0.0933. The zero-order valence-electron chi connectivity index (χ0n) is 9.24. The molecule has 2 aliphatic rings. The van der Waals surface area contributed by atoms with E-state index in [-0.39, 0.29) is 5.78 Å². The molecule has 84 valence electrons. The molecular formula is C13H15NO2. The molecule has 0 bridgehead atoms. The average molecular weight is 217 g/mol. The number of carbonyl (C=O) groups is 1. The SMILES string of the molecule is O=C1CCOc2cc(N3CCCC3)ccc21. The lowest BCUT2D eigenvalue weighted by Crippen LogP contribution is -2.19. The Balaban J connectivity index is 1.94. The van der Waals surface area contributed by atoms with E-state index in [1.807, 2.05) is 18.2 Å². The van der Waals surface area contributed by atoms with Crippen molar-refractivity contribution in [2.45, 2.75) is 19.3 Å². The van der Waals surface area contributed by atoms with E-state index in [2.05, 4.69) is 4.90 Å². The third-order valence-electron chi connectivity index (χ3n) is 3.32. The number of anilines is 1. The lowest BCUT2D eigenvalue weighted by atomic mass is 10.0. The van der Waals surface area contributed by atoms with Gasteiger partial charge in [0.1, 0.15) is 5.75 Å². The number of benzene rings is 1. The first-order valence-electron chi connectivity index (χ1n) is 5.89. The highest BCUT2D eigenvalue weighted by molar-refractivity contribution is 6.00. The van der Waals surface area contributed by atoms with Crippen molar-refractivity contribution in [2.75, 3.05) is 24.6 Å². The van der Waals surface area contributed by atoms with Crippen LogP contribution in [0.15, 0.2) is 18.2 Å². The maximum atomic E-state index is 11.6. The summed E-state index contributed by atoms with van der Waals surface area (Å²) >= 11 is 0. The van der Waals surface area contributed by atoms with Crippen LogP contribution in [0.1, 0.15) is 29.6 Å². The van der Waals surface area contributed by atoms with Crippen molar-refractivity contribution in [2.24, 2.45) is 0 Å². The molecule has 1 aromatic rings. The smallest absolute Gasteiger partial charge is 0.169 e. The molecule has 0 saturated carbocycles. The quantitative estimate of drug-likeness (QED) is 0.722. The molecule has 0 aliphatic carbocycles. The average Bonchev–Trinajstić information content (AvgIpc) is 2.82. The molecule has 0 radical (unpaired) electrons.